The third-order valence-electron chi connectivity index (χ3n) is 7.13. The molecule has 36 heavy (non-hydrogen) atoms. The summed E-state index contributed by atoms with van der Waals surface area (Å²) in [6.45, 7) is 1.84. The lowest BCUT2D eigenvalue weighted by molar-refractivity contribution is 0.0385. The number of rotatable bonds is 3. The van der Waals surface area contributed by atoms with E-state index in [1.807, 2.05) is 24.0 Å². The fourth-order valence-corrected chi connectivity index (χ4v) is 5.63. The number of carbonyl (C=O) groups excluding carboxylic acids is 1. The summed E-state index contributed by atoms with van der Waals surface area (Å²) in [6, 6.07) is 7.02. The monoisotopic (exact) mass is 492 g/mol. The Balaban J connectivity index is 1.45. The van der Waals surface area contributed by atoms with Crippen LogP contribution in [0.5, 0.6) is 0 Å². The number of pyridine rings is 1. The quantitative estimate of drug-likeness (QED) is 0.390. The predicted molar refractivity (Wildman–Crippen MR) is 125 cm³/mol. The molecule has 6 rings (SSSR count). The zero-order valence-electron chi connectivity index (χ0n) is 19.8. The molecule has 1 saturated heterocycles. The van der Waals surface area contributed by atoms with Gasteiger partial charge >= 0.3 is 0 Å². The first kappa shape index (κ1) is 22.5. The summed E-state index contributed by atoms with van der Waals surface area (Å²) >= 11 is 0. The molecule has 1 fully saturated rings. The maximum atomic E-state index is 14.1. The molecule has 10 heteroatoms. The number of hydrogen-bond donors (Lipinski definition) is 0. The van der Waals surface area contributed by atoms with E-state index in [1.54, 1.807) is 34.9 Å². The van der Waals surface area contributed by atoms with Gasteiger partial charge in [0.1, 0.15) is 0 Å². The summed E-state index contributed by atoms with van der Waals surface area (Å²) in [4.78, 5) is 20.5. The van der Waals surface area contributed by atoms with Gasteiger partial charge in [-0.1, -0.05) is 0 Å². The van der Waals surface area contributed by atoms with Crippen LogP contribution in [0.4, 0.5) is 13.2 Å². The lowest BCUT2D eigenvalue weighted by Crippen LogP contribution is -2.50. The van der Waals surface area contributed by atoms with Crippen LogP contribution >= 0.6 is 0 Å². The minimum absolute atomic E-state index is 0.130. The highest BCUT2D eigenvalue weighted by molar-refractivity contribution is 5.96. The van der Waals surface area contributed by atoms with Gasteiger partial charge in [-0.05, 0) is 62.9 Å². The minimum Gasteiger partial charge on any atom is -0.325 e. The first-order chi connectivity index (χ1) is 17.3. The van der Waals surface area contributed by atoms with Gasteiger partial charge in [-0.2, -0.15) is 10.2 Å². The second-order valence-electron chi connectivity index (χ2n) is 9.38. The number of hydrogen-bond acceptors (Lipinski definition) is 4. The van der Waals surface area contributed by atoms with Crippen molar-refractivity contribution in [3.05, 3.63) is 82.8 Å². The fraction of sp³-hybridized carbons (Fsp3) is 0.308. The Kier molecular flexibility index (Phi) is 5.20. The SMILES string of the molecule is Cc1ccc(-n2cccn2)c(C(=O)N2[C@H]3CCC[C@@H]2c2nn(C)c(-c4cc(F)c(F)c(F)c4)c2C3)n1. The van der Waals surface area contributed by atoms with Crippen LogP contribution in [0, 0.1) is 24.4 Å². The molecule has 2 bridgehead atoms. The number of amides is 1. The number of nitrogens with zero attached hydrogens (tertiary/aromatic N) is 6. The van der Waals surface area contributed by atoms with Gasteiger partial charge in [0, 0.05) is 42.3 Å². The van der Waals surface area contributed by atoms with Gasteiger partial charge in [0.2, 0.25) is 0 Å². The number of halogens is 3. The summed E-state index contributed by atoms with van der Waals surface area (Å²) in [6.07, 6.45) is 6.31. The number of piperidine rings is 1. The van der Waals surface area contributed by atoms with Crippen LogP contribution in [-0.4, -0.2) is 41.4 Å². The first-order valence-corrected chi connectivity index (χ1v) is 11.8. The highest BCUT2D eigenvalue weighted by Gasteiger charge is 2.44. The number of benzene rings is 1. The maximum absolute atomic E-state index is 14.1. The Hall–Kier alpha value is -3.95. The van der Waals surface area contributed by atoms with E-state index in [2.05, 4.69) is 10.1 Å². The lowest BCUT2D eigenvalue weighted by atomic mass is 9.81. The van der Waals surface area contributed by atoms with Gasteiger partial charge < -0.3 is 4.90 Å². The molecule has 0 radical (unpaired) electrons. The highest BCUT2D eigenvalue weighted by atomic mass is 19.2. The molecular weight excluding hydrogens is 469 g/mol. The fourth-order valence-electron chi connectivity index (χ4n) is 5.63. The van der Waals surface area contributed by atoms with Crippen molar-refractivity contribution < 1.29 is 18.0 Å². The van der Waals surface area contributed by atoms with Gasteiger partial charge in [-0.25, -0.2) is 22.8 Å². The average Bonchev–Trinajstić information content (AvgIpc) is 3.49. The number of aryl methyl sites for hydroxylation is 2. The highest BCUT2D eigenvalue weighted by Crippen LogP contribution is 2.45. The molecule has 184 valence electrons. The second-order valence-corrected chi connectivity index (χ2v) is 9.38. The van der Waals surface area contributed by atoms with E-state index in [4.69, 9.17) is 5.10 Å². The third kappa shape index (κ3) is 3.42. The average molecular weight is 493 g/mol. The smallest absolute Gasteiger partial charge is 0.275 e. The Labute approximate surface area is 205 Å². The summed E-state index contributed by atoms with van der Waals surface area (Å²) in [5.41, 5.74) is 3.94. The number of fused-ring (bicyclic) bond motifs is 4. The van der Waals surface area contributed by atoms with Crippen molar-refractivity contribution in [3.8, 4) is 16.9 Å². The van der Waals surface area contributed by atoms with Crippen LogP contribution in [0.1, 0.15) is 52.7 Å². The molecule has 0 saturated carbocycles. The molecule has 2 atom stereocenters. The van der Waals surface area contributed by atoms with Gasteiger partial charge in [-0.15, -0.1) is 0 Å². The van der Waals surface area contributed by atoms with Crippen molar-refractivity contribution in [3.63, 3.8) is 0 Å². The van der Waals surface area contributed by atoms with Crippen molar-refractivity contribution in [1.82, 2.24) is 29.4 Å². The van der Waals surface area contributed by atoms with E-state index in [1.165, 1.54) is 0 Å². The Morgan fingerprint density at radius 2 is 1.89 bits per heavy atom. The molecule has 4 aromatic rings. The zero-order valence-corrected chi connectivity index (χ0v) is 19.8. The predicted octanol–water partition coefficient (Wildman–Crippen LogP) is 4.69. The van der Waals surface area contributed by atoms with Crippen LogP contribution in [0.2, 0.25) is 0 Å². The van der Waals surface area contributed by atoms with E-state index in [0.29, 0.717) is 35.6 Å². The van der Waals surface area contributed by atoms with Gasteiger partial charge in [-0.3, -0.25) is 9.48 Å². The van der Waals surface area contributed by atoms with Gasteiger partial charge in [0.15, 0.2) is 23.1 Å². The summed E-state index contributed by atoms with van der Waals surface area (Å²) in [7, 11) is 1.70. The molecule has 0 aliphatic carbocycles. The molecule has 0 N–H and O–H groups in total. The summed E-state index contributed by atoms with van der Waals surface area (Å²) < 4.78 is 44.9. The molecular formula is C26H23F3N6O. The third-order valence-corrected chi connectivity index (χ3v) is 7.13. The molecule has 0 spiro atoms. The molecule has 3 aromatic heterocycles. The van der Waals surface area contributed by atoms with Gasteiger partial charge in [0.25, 0.3) is 5.91 Å². The standard InChI is InChI=1S/C26H23F3N6O/c1-14-7-8-20(34-10-4-9-30-34)24(31-14)26(36)35-16-5-3-6-21(35)23-17(13-16)25(33(2)32-23)15-11-18(27)22(29)19(28)12-15/h4,7-12,16,21H,3,5-6,13H2,1-2H3/t16-,21+/m0/s1. The Morgan fingerprint density at radius 3 is 2.61 bits per heavy atom. The number of aromatic nitrogens is 5. The molecule has 2 aliphatic heterocycles. The molecule has 0 unspecified atom stereocenters. The van der Waals surface area contributed by atoms with Crippen LogP contribution in [-0.2, 0) is 13.5 Å². The van der Waals surface area contributed by atoms with Crippen LogP contribution in [0.15, 0.2) is 42.7 Å². The van der Waals surface area contributed by atoms with Crippen molar-refractivity contribution in [2.75, 3.05) is 0 Å². The maximum Gasteiger partial charge on any atom is 0.275 e. The van der Waals surface area contributed by atoms with E-state index in [-0.39, 0.29) is 23.6 Å². The molecule has 1 amide bonds. The summed E-state index contributed by atoms with van der Waals surface area (Å²) in [5.74, 6) is -4.19. The van der Waals surface area contributed by atoms with E-state index in [0.717, 1.165) is 36.2 Å². The zero-order chi connectivity index (χ0) is 25.1. The van der Waals surface area contributed by atoms with Crippen molar-refractivity contribution in [2.45, 2.75) is 44.7 Å². The molecule has 5 heterocycles. The second kappa shape index (κ2) is 8.32. The Morgan fingerprint density at radius 1 is 1.11 bits per heavy atom. The molecule has 1 aromatic carbocycles. The topological polar surface area (TPSA) is 68.8 Å². The minimum atomic E-state index is -1.50. The van der Waals surface area contributed by atoms with Crippen LogP contribution in [0.25, 0.3) is 16.9 Å². The largest absolute Gasteiger partial charge is 0.325 e. The van der Waals surface area contributed by atoms with Crippen molar-refractivity contribution in [2.24, 2.45) is 7.05 Å². The number of carbonyl (C=O) groups is 1. The van der Waals surface area contributed by atoms with E-state index >= 15 is 0 Å². The first-order valence-electron chi connectivity index (χ1n) is 11.8. The van der Waals surface area contributed by atoms with E-state index in [9.17, 15) is 18.0 Å². The normalized spacial score (nSPS) is 18.9. The van der Waals surface area contributed by atoms with E-state index < -0.39 is 17.5 Å². The van der Waals surface area contributed by atoms with Crippen molar-refractivity contribution >= 4 is 5.91 Å². The van der Waals surface area contributed by atoms with Gasteiger partial charge in [0.05, 0.1) is 23.1 Å². The van der Waals surface area contributed by atoms with Crippen LogP contribution < -0.4 is 0 Å². The summed E-state index contributed by atoms with van der Waals surface area (Å²) in [5, 5.41) is 8.98. The lowest BCUT2D eigenvalue weighted by Gasteiger charge is -2.45. The molecule has 2 aliphatic rings. The molecule has 7 nitrogen and oxygen atoms in total. The van der Waals surface area contributed by atoms with Crippen LogP contribution in [0.3, 0.4) is 0 Å². The van der Waals surface area contributed by atoms with Crippen molar-refractivity contribution in [1.29, 1.82) is 0 Å². The Bertz CT molecular complexity index is 1470.